The minimum atomic E-state index is -0.153. The third-order valence-corrected chi connectivity index (χ3v) is 4.91. The first-order chi connectivity index (χ1) is 12.2. The lowest BCUT2D eigenvalue weighted by molar-refractivity contribution is -0.0344. The smallest absolute Gasteiger partial charge is 0.223 e. The first-order valence-electron chi connectivity index (χ1n) is 8.05. The first kappa shape index (κ1) is 16.2. The van der Waals surface area contributed by atoms with E-state index >= 15 is 0 Å². The molecule has 1 saturated heterocycles. The highest BCUT2D eigenvalue weighted by atomic mass is 32.1. The second-order valence-electron chi connectivity index (χ2n) is 5.90. The Labute approximate surface area is 148 Å². The molecular weight excluding hydrogens is 340 g/mol. The molecule has 9 heteroatoms. The first-order valence-corrected chi connectivity index (χ1v) is 8.86. The van der Waals surface area contributed by atoms with E-state index in [-0.39, 0.29) is 6.10 Å². The summed E-state index contributed by atoms with van der Waals surface area (Å²) in [5.41, 5.74) is 1.54. The SMILES string of the molecule is Cc1nc(-c2cncnc2[C@H]2CN(Cc3cnc(C)s3)CCO2)no1. The van der Waals surface area contributed by atoms with Crippen molar-refractivity contribution in [3.05, 3.63) is 40.2 Å². The maximum absolute atomic E-state index is 5.98. The quantitative estimate of drug-likeness (QED) is 0.701. The molecule has 3 aromatic rings. The van der Waals surface area contributed by atoms with E-state index in [0.29, 0.717) is 18.3 Å². The van der Waals surface area contributed by atoms with Crippen LogP contribution >= 0.6 is 11.3 Å². The number of aromatic nitrogens is 5. The van der Waals surface area contributed by atoms with Crippen LogP contribution in [0.1, 0.15) is 27.6 Å². The fraction of sp³-hybridized carbons (Fsp3) is 0.438. The van der Waals surface area contributed by atoms with Crippen molar-refractivity contribution in [2.24, 2.45) is 0 Å². The highest BCUT2D eigenvalue weighted by molar-refractivity contribution is 7.11. The lowest BCUT2D eigenvalue weighted by Gasteiger charge is -2.32. The summed E-state index contributed by atoms with van der Waals surface area (Å²) in [7, 11) is 0. The van der Waals surface area contributed by atoms with Crippen molar-refractivity contribution in [1.29, 1.82) is 0 Å². The number of morpholine rings is 1. The fourth-order valence-corrected chi connectivity index (χ4v) is 3.72. The molecule has 0 N–H and O–H groups in total. The maximum Gasteiger partial charge on any atom is 0.223 e. The molecule has 4 heterocycles. The van der Waals surface area contributed by atoms with E-state index in [9.17, 15) is 0 Å². The monoisotopic (exact) mass is 358 g/mol. The van der Waals surface area contributed by atoms with E-state index in [1.54, 1.807) is 24.5 Å². The van der Waals surface area contributed by atoms with Crippen molar-refractivity contribution >= 4 is 11.3 Å². The maximum atomic E-state index is 5.98. The Morgan fingerprint density at radius 1 is 1.28 bits per heavy atom. The van der Waals surface area contributed by atoms with Gasteiger partial charge in [-0.1, -0.05) is 5.16 Å². The van der Waals surface area contributed by atoms with Gasteiger partial charge in [0.15, 0.2) is 0 Å². The Morgan fingerprint density at radius 2 is 2.20 bits per heavy atom. The van der Waals surface area contributed by atoms with Crippen LogP contribution in [0.2, 0.25) is 0 Å². The third-order valence-electron chi connectivity index (χ3n) is 4.02. The van der Waals surface area contributed by atoms with E-state index in [1.807, 2.05) is 13.1 Å². The second kappa shape index (κ2) is 6.95. The van der Waals surface area contributed by atoms with Gasteiger partial charge in [0.25, 0.3) is 0 Å². The Morgan fingerprint density at radius 3 is 2.96 bits per heavy atom. The number of aryl methyl sites for hydroxylation is 2. The van der Waals surface area contributed by atoms with Gasteiger partial charge in [-0.05, 0) is 6.92 Å². The molecule has 4 rings (SSSR count). The van der Waals surface area contributed by atoms with Gasteiger partial charge < -0.3 is 9.26 Å². The molecule has 0 radical (unpaired) electrons. The van der Waals surface area contributed by atoms with Crippen LogP contribution in [0.4, 0.5) is 0 Å². The number of ether oxygens (including phenoxy) is 1. The summed E-state index contributed by atoms with van der Waals surface area (Å²) < 4.78 is 11.1. The molecule has 130 valence electrons. The van der Waals surface area contributed by atoms with Crippen LogP contribution in [0.5, 0.6) is 0 Å². The molecule has 8 nitrogen and oxygen atoms in total. The van der Waals surface area contributed by atoms with Crippen molar-refractivity contribution in [1.82, 2.24) is 30.0 Å². The molecule has 1 fully saturated rings. The van der Waals surface area contributed by atoms with Crippen LogP contribution in [-0.2, 0) is 11.3 Å². The van der Waals surface area contributed by atoms with Gasteiger partial charge in [0.1, 0.15) is 12.4 Å². The van der Waals surface area contributed by atoms with E-state index in [2.05, 4.69) is 30.0 Å². The van der Waals surface area contributed by atoms with E-state index in [1.165, 1.54) is 11.2 Å². The number of hydrogen-bond donors (Lipinski definition) is 0. The second-order valence-corrected chi connectivity index (χ2v) is 7.22. The summed E-state index contributed by atoms with van der Waals surface area (Å²) in [4.78, 5) is 20.8. The topological polar surface area (TPSA) is 90.1 Å². The highest BCUT2D eigenvalue weighted by Gasteiger charge is 2.27. The Balaban J connectivity index is 1.55. The Kier molecular flexibility index (Phi) is 4.51. The molecule has 0 bridgehead atoms. The molecule has 1 aliphatic heterocycles. The number of nitrogens with zero attached hydrogens (tertiary/aromatic N) is 6. The number of thiazole rings is 1. The number of hydrogen-bond acceptors (Lipinski definition) is 9. The van der Waals surface area contributed by atoms with Crippen LogP contribution in [0.3, 0.4) is 0 Å². The Hall–Kier alpha value is -2.23. The summed E-state index contributed by atoms with van der Waals surface area (Å²) >= 11 is 1.73. The van der Waals surface area contributed by atoms with E-state index in [0.717, 1.165) is 35.9 Å². The largest absolute Gasteiger partial charge is 0.369 e. The molecule has 1 aliphatic rings. The highest BCUT2D eigenvalue weighted by Crippen LogP contribution is 2.29. The molecule has 1 atom stereocenters. The molecule has 0 saturated carbocycles. The van der Waals surface area contributed by atoms with Gasteiger partial charge in [-0.25, -0.2) is 15.0 Å². The lowest BCUT2D eigenvalue weighted by atomic mass is 10.1. The molecule has 0 amide bonds. The van der Waals surface area contributed by atoms with Gasteiger partial charge in [0.05, 0.1) is 22.9 Å². The summed E-state index contributed by atoms with van der Waals surface area (Å²) in [6.45, 7) is 6.93. The zero-order valence-electron chi connectivity index (χ0n) is 14.0. The van der Waals surface area contributed by atoms with Crippen molar-refractivity contribution in [2.45, 2.75) is 26.5 Å². The van der Waals surface area contributed by atoms with Crippen molar-refractivity contribution in [2.75, 3.05) is 19.7 Å². The minimum absolute atomic E-state index is 0.153. The summed E-state index contributed by atoms with van der Waals surface area (Å²) in [6.07, 6.45) is 5.03. The molecule has 25 heavy (non-hydrogen) atoms. The summed E-state index contributed by atoms with van der Waals surface area (Å²) in [5.74, 6) is 1.00. The van der Waals surface area contributed by atoms with Crippen LogP contribution in [0, 0.1) is 13.8 Å². The van der Waals surface area contributed by atoms with Gasteiger partial charge in [-0.2, -0.15) is 4.98 Å². The predicted molar refractivity (Wildman–Crippen MR) is 90.9 cm³/mol. The average molecular weight is 358 g/mol. The molecule has 0 aromatic carbocycles. The van der Waals surface area contributed by atoms with Crippen molar-refractivity contribution in [3.8, 4) is 11.4 Å². The van der Waals surface area contributed by atoms with E-state index in [4.69, 9.17) is 9.26 Å². The summed E-state index contributed by atoms with van der Waals surface area (Å²) in [5, 5.41) is 5.08. The molecule has 3 aromatic heterocycles. The van der Waals surface area contributed by atoms with Crippen LogP contribution in [0.25, 0.3) is 11.4 Å². The van der Waals surface area contributed by atoms with Crippen LogP contribution < -0.4 is 0 Å². The van der Waals surface area contributed by atoms with Gasteiger partial charge in [0.2, 0.25) is 11.7 Å². The van der Waals surface area contributed by atoms with Gasteiger partial charge in [0, 0.05) is 43.8 Å². The molecule has 0 spiro atoms. The summed E-state index contributed by atoms with van der Waals surface area (Å²) in [6, 6.07) is 0. The average Bonchev–Trinajstić information content (AvgIpc) is 3.23. The Bertz CT molecular complexity index is 864. The number of rotatable bonds is 4. The lowest BCUT2D eigenvalue weighted by Crippen LogP contribution is -2.38. The zero-order chi connectivity index (χ0) is 17.2. The van der Waals surface area contributed by atoms with Gasteiger partial charge in [-0.15, -0.1) is 11.3 Å². The normalized spacial score (nSPS) is 18.6. The van der Waals surface area contributed by atoms with E-state index < -0.39 is 0 Å². The van der Waals surface area contributed by atoms with Crippen molar-refractivity contribution < 1.29 is 9.26 Å². The van der Waals surface area contributed by atoms with Crippen molar-refractivity contribution in [3.63, 3.8) is 0 Å². The molecule has 0 unspecified atom stereocenters. The standard InChI is InChI=1S/C16H18N6O2S/c1-10-20-16(21-24-10)13-6-17-9-19-15(13)14-8-22(3-4-23-14)7-12-5-18-11(2)25-12/h5-6,9,14H,3-4,7-8H2,1-2H3/t14-/m1/s1. The minimum Gasteiger partial charge on any atom is -0.369 e. The third kappa shape index (κ3) is 3.58. The van der Waals surface area contributed by atoms with Crippen LogP contribution in [0.15, 0.2) is 23.2 Å². The molecular formula is C16H18N6O2S. The zero-order valence-corrected chi connectivity index (χ0v) is 14.9. The molecule has 0 aliphatic carbocycles. The van der Waals surface area contributed by atoms with Crippen LogP contribution in [-0.4, -0.2) is 49.7 Å². The fourth-order valence-electron chi connectivity index (χ4n) is 2.89. The van der Waals surface area contributed by atoms with Gasteiger partial charge in [-0.3, -0.25) is 4.90 Å². The predicted octanol–water partition coefficient (Wildman–Crippen LogP) is 2.17. The van der Waals surface area contributed by atoms with Gasteiger partial charge >= 0.3 is 0 Å².